The van der Waals surface area contributed by atoms with Crippen LogP contribution in [0.1, 0.15) is 0 Å². The number of rotatable bonds is 1. The van der Waals surface area contributed by atoms with Gasteiger partial charge in [-0.3, -0.25) is 4.72 Å². The molecule has 1 aliphatic rings. The zero-order chi connectivity index (χ0) is 5.11. The number of ether oxygens (including phenoxy) is 1. The van der Waals surface area contributed by atoms with E-state index in [4.69, 9.17) is 4.74 Å². The van der Waals surface area contributed by atoms with Crippen LogP contribution in [0.15, 0.2) is 0 Å². The first-order valence-corrected chi connectivity index (χ1v) is 3.06. The van der Waals surface area contributed by atoms with E-state index in [0.29, 0.717) is 6.10 Å². The Bertz CT molecular complexity index is 53.7. The van der Waals surface area contributed by atoms with Crippen LogP contribution in [-0.2, 0) is 4.74 Å². The molecule has 41 valence electrons. The molecule has 0 amide bonds. The molecule has 0 aromatic carbocycles. The summed E-state index contributed by atoms with van der Waals surface area (Å²) in [4.78, 5) is 0. The standard InChI is InChI=1S/C4H8NOS/c1-6-4-2-5-7-3-4/h3-5H,2H2,1H3. The molecule has 1 saturated heterocycles. The highest BCUT2D eigenvalue weighted by Gasteiger charge is 2.13. The van der Waals surface area contributed by atoms with Crippen LogP contribution in [0, 0.1) is 5.75 Å². The molecular formula is C4H8NOS. The Labute approximate surface area is 47.8 Å². The Hall–Kier alpha value is 0.270. The van der Waals surface area contributed by atoms with Gasteiger partial charge < -0.3 is 4.74 Å². The molecule has 0 spiro atoms. The second kappa shape index (κ2) is 2.55. The lowest BCUT2D eigenvalue weighted by molar-refractivity contribution is 0.144. The largest absolute Gasteiger partial charge is 0.379 e. The van der Waals surface area contributed by atoms with E-state index < -0.39 is 0 Å². The third-order valence-corrected chi connectivity index (χ3v) is 1.66. The molecule has 1 unspecified atom stereocenters. The van der Waals surface area contributed by atoms with Gasteiger partial charge in [0.2, 0.25) is 0 Å². The maximum atomic E-state index is 4.97. The molecule has 1 N–H and O–H groups in total. The van der Waals surface area contributed by atoms with Crippen LogP contribution in [-0.4, -0.2) is 19.8 Å². The van der Waals surface area contributed by atoms with E-state index in [1.165, 1.54) is 0 Å². The third kappa shape index (κ3) is 1.33. The Morgan fingerprint density at radius 2 is 2.86 bits per heavy atom. The third-order valence-electron chi connectivity index (χ3n) is 0.890. The molecule has 1 rings (SSSR count). The first kappa shape index (κ1) is 5.41. The van der Waals surface area contributed by atoms with Gasteiger partial charge in [-0.05, 0) is 0 Å². The van der Waals surface area contributed by atoms with Gasteiger partial charge >= 0.3 is 0 Å². The van der Waals surface area contributed by atoms with Gasteiger partial charge in [0.25, 0.3) is 0 Å². The Morgan fingerprint density at radius 1 is 2.00 bits per heavy atom. The fourth-order valence-electron chi connectivity index (χ4n) is 0.441. The summed E-state index contributed by atoms with van der Waals surface area (Å²) in [5.74, 6) is 2.04. The number of methoxy groups -OCH3 is 1. The maximum Gasteiger partial charge on any atom is 0.0848 e. The predicted octanol–water partition coefficient (Wildman–Crippen LogP) is 0.415. The van der Waals surface area contributed by atoms with Crippen LogP contribution in [0.2, 0.25) is 0 Å². The fourth-order valence-corrected chi connectivity index (χ4v) is 1.16. The second-order valence-corrected chi connectivity index (χ2v) is 2.17. The average Bonchev–Trinajstić information content (AvgIpc) is 2.14. The van der Waals surface area contributed by atoms with Crippen molar-refractivity contribution < 1.29 is 4.74 Å². The van der Waals surface area contributed by atoms with Gasteiger partial charge in [-0.15, -0.1) is 0 Å². The minimum Gasteiger partial charge on any atom is -0.379 e. The van der Waals surface area contributed by atoms with E-state index in [1.54, 1.807) is 19.1 Å². The fraction of sp³-hybridized carbons (Fsp3) is 0.750. The summed E-state index contributed by atoms with van der Waals surface area (Å²) < 4.78 is 8.03. The van der Waals surface area contributed by atoms with Gasteiger partial charge in [-0.1, -0.05) is 11.9 Å². The second-order valence-electron chi connectivity index (χ2n) is 1.38. The molecule has 0 aromatic heterocycles. The smallest absolute Gasteiger partial charge is 0.0848 e. The van der Waals surface area contributed by atoms with E-state index >= 15 is 0 Å². The van der Waals surface area contributed by atoms with Gasteiger partial charge in [-0.25, -0.2) is 0 Å². The van der Waals surface area contributed by atoms with Crippen molar-refractivity contribution in [2.45, 2.75) is 6.10 Å². The Balaban J connectivity index is 2.14. The van der Waals surface area contributed by atoms with E-state index in [9.17, 15) is 0 Å². The van der Waals surface area contributed by atoms with Crippen LogP contribution in [0.3, 0.4) is 0 Å². The SMILES string of the molecule is COC1[CH]SNC1. The van der Waals surface area contributed by atoms with Gasteiger partial charge in [0.05, 0.1) is 11.9 Å². The van der Waals surface area contributed by atoms with Crippen molar-refractivity contribution in [2.24, 2.45) is 0 Å². The van der Waals surface area contributed by atoms with Crippen LogP contribution < -0.4 is 4.72 Å². The van der Waals surface area contributed by atoms with Crippen molar-refractivity contribution in [3.05, 3.63) is 5.75 Å². The topological polar surface area (TPSA) is 21.3 Å². The number of nitrogens with one attached hydrogen (secondary N) is 1. The summed E-state index contributed by atoms with van der Waals surface area (Å²) in [5.41, 5.74) is 0. The first-order chi connectivity index (χ1) is 3.43. The van der Waals surface area contributed by atoms with Gasteiger partial charge in [0.1, 0.15) is 0 Å². The van der Waals surface area contributed by atoms with E-state index in [0.717, 1.165) is 6.54 Å². The molecule has 0 saturated carbocycles. The zero-order valence-electron chi connectivity index (χ0n) is 4.18. The summed E-state index contributed by atoms with van der Waals surface area (Å²) in [6, 6.07) is 0. The van der Waals surface area contributed by atoms with Gasteiger partial charge in [-0.2, -0.15) is 0 Å². The van der Waals surface area contributed by atoms with Crippen molar-refractivity contribution in [2.75, 3.05) is 13.7 Å². The van der Waals surface area contributed by atoms with Crippen molar-refractivity contribution >= 4 is 11.9 Å². The molecule has 1 fully saturated rings. The highest BCUT2D eigenvalue weighted by atomic mass is 32.2. The lowest BCUT2D eigenvalue weighted by atomic mass is 10.4. The van der Waals surface area contributed by atoms with E-state index in [1.807, 2.05) is 5.75 Å². The van der Waals surface area contributed by atoms with E-state index in [2.05, 4.69) is 4.72 Å². The van der Waals surface area contributed by atoms with Crippen molar-refractivity contribution in [1.82, 2.24) is 4.72 Å². The summed E-state index contributed by atoms with van der Waals surface area (Å²) in [6.45, 7) is 0.946. The maximum absolute atomic E-state index is 4.97. The van der Waals surface area contributed by atoms with Gasteiger partial charge in [0.15, 0.2) is 0 Å². The molecule has 7 heavy (non-hydrogen) atoms. The Morgan fingerprint density at radius 3 is 3.14 bits per heavy atom. The minimum absolute atomic E-state index is 0.324. The molecular weight excluding hydrogens is 110 g/mol. The molecule has 0 bridgehead atoms. The highest BCUT2D eigenvalue weighted by molar-refractivity contribution is 7.99. The molecule has 1 heterocycles. The van der Waals surface area contributed by atoms with Gasteiger partial charge in [0, 0.05) is 13.7 Å². The van der Waals surface area contributed by atoms with Crippen LogP contribution in [0.4, 0.5) is 0 Å². The average molecular weight is 118 g/mol. The molecule has 2 nitrogen and oxygen atoms in total. The molecule has 0 aromatic rings. The van der Waals surface area contributed by atoms with Crippen molar-refractivity contribution in [1.29, 1.82) is 0 Å². The zero-order valence-corrected chi connectivity index (χ0v) is 4.99. The quantitative estimate of drug-likeness (QED) is 0.504. The minimum atomic E-state index is 0.324. The number of hydrogen-bond donors (Lipinski definition) is 1. The normalized spacial score (nSPS) is 31.3. The van der Waals surface area contributed by atoms with Crippen LogP contribution >= 0.6 is 11.9 Å². The first-order valence-electron chi connectivity index (χ1n) is 2.18. The summed E-state index contributed by atoms with van der Waals surface area (Å²) in [7, 11) is 1.72. The summed E-state index contributed by atoms with van der Waals surface area (Å²) in [5, 5.41) is 0. The molecule has 1 aliphatic heterocycles. The Kier molecular flexibility index (Phi) is 1.97. The lowest BCUT2D eigenvalue weighted by Crippen LogP contribution is -2.13. The molecule has 1 radical (unpaired) electrons. The highest BCUT2D eigenvalue weighted by Crippen LogP contribution is 2.13. The van der Waals surface area contributed by atoms with Crippen molar-refractivity contribution in [3.63, 3.8) is 0 Å². The summed E-state index contributed by atoms with van der Waals surface area (Å²) >= 11 is 1.61. The van der Waals surface area contributed by atoms with Crippen molar-refractivity contribution in [3.8, 4) is 0 Å². The van der Waals surface area contributed by atoms with Crippen LogP contribution in [0.25, 0.3) is 0 Å². The van der Waals surface area contributed by atoms with E-state index in [-0.39, 0.29) is 0 Å². The summed E-state index contributed by atoms with van der Waals surface area (Å²) in [6.07, 6.45) is 0.324. The monoisotopic (exact) mass is 118 g/mol. The van der Waals surface area contributed by atoms with Crippen LogP contribution in [0.5, 0.6) is 0 Å². The molecule has 0 aliphatic carbocycles. The number of hydrogen-bond acceptors (Lipinski definition) is 3. The lowest BCUT2D eigenvalue weighted by Gasteiger charge is -1.99. The molecule has 3 heteroatoms. The predicted molar refractivity (Wildman–Crippen MR) is 30.7 cm³/mol. The molecule has 1 atom stereocenters.